The first kappa shape index (κ1) is 14.9. The summed E-state index contributed by atoms with van der Waals surface area (Å²) in [6, 6.07) is 15.6. The Morgan fingerprint density at radius 3 is 2.79 bits per heavy atom. The Balaban J connectivity index is 1.72. The van der Waals surface area contributed by atoms with Crippen LogP contribution in [0.3, 0.4) is 0 Å². The van der Waals surface area contributed by atoms with Crippen molar-refractivity contribution in [1.82, 2.24) is 10.2 Å². The summed E-state index contributed by atoms with van der Waals surface area (Å²) in [6.45, 7) is 2.47. The van der Waals surface area contributed by atoms with Crippen molar-refractivity contribution in [2.45, 2.75) is 31.7 Å². The zero-order chi connectivity index (χ0) is 16.7. The van der Waals surface area contributed by atoms with Crippen LogP contribution < -0.4 is 14.8 Å². The lowest BCUT2D eigenvalue weighted by Crippen LogP contribution is -2.64. The molecule has 2 aromatic carbocycles. The molecule has 2 aromatic rings. The predicted octanol–water partition coefficient (Wildman–Crippen LogP) is 3.46. The summed E-state index contributed by atoms with van der Waals surface area (Å²) in [5.74, 6) is 1.41. The number of hydrogen-bond donors (Lipinski definition) is 1. The molecule has 1 fully saturated rings. The van der Waals surface area contributed by atoms with Crippen LogP contribution in [0.1, 0.15) is 30.5 Å². The van der Waals surface area contributed by atoms with Gasteiger partial charge in [-0.3, -0.25) is 4.90 Å². The van der Waals surface area contributed by atoms with E-state index in [1.165, 1.54) is 0 Å². The molecule has 24 heavy (non-hydrogen) atoms. The van der Waals surface area contributed by atoms with Crippen molar-refractivity contribution >= 4 is 6.03 Å². The molecule has 0 aliphatic carbocycles. The molecular formula is C19H20N2O3. The maximum Gasteiger partial charge on any atom is 0.321 e. The Labute approximate surface area is 141 Å². The molecule has 2 amide bonds. The minimum atomic E-state index is -0.704. The van der Waals surface area contributed by atoms with Crippen molar-refractivity contribution in [3.63, 3.8) is 0 Å². The molecule has 0 unspecified atom stereocenters. The van der Waals surface area contributed by atoms with E-state index < -0.39 is 5.72 Å². The Morgan fingerprint density at radius 2 is 2.04 bits per heavy atom. The van der Waals surface area contributed by atoms with E-state index in [4.69, 9.17) is 9.47 Å². The van der Waals surface area contributed by atoms with Crippen molar-refractivity contribution in [3.8, 4) is 11.5 Å². The predicted molar refractivity (Wildman–Crippen MR) is 89.9 cm³/mol. The fraction of sp³-hybridized carbons (Fsp3) is 0.316. The number of nitrogens with zero attached hydrogens (tertiary/aromatic N) is 1. The molecule has 0 radical (unpaired) electrons. The summed E-state index contributed by atoms with van der Waals surface area (Å²) < 4.78 is 11.8. The van der Waals surface area contributed by atoms with Gasteiger partial charge in [0.15, 0.2) is 17.2 Å². The quantitative estimate of drug-likeness (QED) is 0.940. The number of nitrogens with one attached hydrogen (secondary N) is 1. The zero-order valence-corrected chi connectivity index (χ0v) is 13.8. The second-order valence-corrected chi connectivity index (χ2v) is 6.43. The van der Waals surface area contributed by atoms with E-state index in [1.54, 1.807) is 12.0 Å². The lowest BCUT2D eigenvalue weighted by molar-refractivity contribution is -0.0891. The third kappa shape index (κ3) is 2.28. The number of carbonyl (C=O) groups excluding carboxylic acids is 1. The van der Waals surface area contributed by atoms with Gasteiger partial charge in [-0.15, -0.1) is 0 Å². The lowest BCUT2D eigenvalue weighted by atomic mass is 9.90. The van der Waals surface area contributed by atoms with Crippen LogP contribution in [-0.4, -0.2) is 23.8 Å². The van der Waals surface area contributed by atoms with Crippen LogP contribution in [0.15, 0.2) is 48.5 Å². The van der Waals surface area contributed by atoms with E-state index in [1.807, 2.05) is 55.5 Å². The summed E-state index contributed by atoms with van der Waals surface area (Å²) >= 11 is 0. The van der Waals surface area contributed by atoms with Gasteiger partial charge in [0.1, 0.15) is 0 Å². The molecule has 4 rings (SSSR count). The average molecular weight is 324 g/mol. The number of benzene rings is 2. The largest absolute Gasteiger partial charge is 0.493 e. The molecule has 2 aliphatic heterocycles. The summed E-state index contributed by atoms with van der Waals surface area (Å²) in [7, 11) is 1.63. The molecule has 0 saturated carbocycles. The van der Waals surface area contributed by atoms with Crippen molar-refractivity contribution in [1.29, 1.82) is 0 Å². The van der Waals surface area contributed by atoms with Crippen molar-refractivity contribution in [2.75, 3.05) is 7.11 Å². The number of hydrogen-bond acceptors (Lipinski definition) is 3. The summed E-state index contributed by atoms with van der Waals surface area (Å²) in [6.07, 6.45) is 0.700. The van der Waals surface area contributed by atoms with E-state index in [0.717, 1.165) is 16.9 Å². The number of ether oxygens (including phenoxy) is 2. The summed E-state index contributed by atoms with van der Waals surface area (Å²) in [4.78, 5) is 14.4. The van der Waals surface area contributed by atoms with Crippen LogP contribution in [-0.2, 0) is 6.54 Å². The van der Waals surface area contributed by atoms with Crippen LogP contribution in [0.2, 0.25) is 0 Å². The number of fused-ring (bicyclic) bond motifs is 4. The van der Waals surface area contributed by atoms with Gasteiger partial charge in [-0.25, -0.2) is 4.79 Å². The molecular weight excluding hydrogens is 304 g/mol. The highest BCUT2D eigenvalue weighted by atomic mass is 16.5. The van der Waals surface area contributed by atoms with E-state index in [9.17, 15) is 4.79 Å². The number of carbonyl (C=O) groups is 1. The second-order valence-electron chi connectivity index (χ2n) is 6.43. The van der Waals surface area contributed by atoms with Crippen LogP contribution in [0, 0.1) is 0 Å². The highest BCUT2D eigenvalue weighted by molar-refractivity contribution is 5.77. The topological polar surface area (TPSA) is 50.8 Å². The van der Waals surface area contributed by atoms with Gasteiger partial charge in [0, 0.05) is 12.0 Å². The third-order valence-electron chi connectivity index (χ3n) is 4.81. The molecule has 0 spiro atoms. The highest BCUT2D eigenvalue weighted by Gasteiger charge is 2.49. The molecule has 124 valence electrons. The van der Waals surface area contributed by atoms with Gasteiger partial charge >= 0.3 is 6.03 Å². The third-order valence-corrected chi connectivity index (χ3v) is 4.81. The number of rotatable bonds is 3. The smallest absolute Gasteiger partial charge is 0.321 e. The van der Waals surface area contributed by atoms with Gasteiger partial charge in [0.05, 0.1) is 19.7 Å². The Bertz CT molecular complexity index is 777. The number of para-hydroxylation sites is 1. The molecule has 5 heteroatoms. The average Bonchev–Trinajstić information content (AvgIpc) is 2.59. The SMILES string of the molecule is COc1cccc2c1O[C@]1(C)C[C@@H]2NC(=O)N1Cc1ccccc1. The standard InChI is InChI=1S/C19H20N2O3/c1-19-11-15(14-9-6-10-16(23-2)17(14)24-19)20-18(22)21(19)12-13-7-4-3-5-8-13/h3-10,15H,11-12H2,1-2H3,(H,20,22)/t15-,19+/m0/s1. The summed E-state index contributed by atoms with van der Waals surface area (Å²) in [5.41, 5.74) is 1.34. The zero-order valence-electron chi connectivity index (χ0n) is 13.8. The van der Waals surface area contributed by atoms with E-state index in [0.29, 0.717) is 18.7 Å². The molecule has 2 bridgehead atoms. The first-order valence-corrected chi connectivity index (χ1v) is 8.09. The minimum Gasteiger partial charge on any atom is -0.493 e. The van der Waals surface area contributed by atoms with E-state index >= 15 is 0 Å². The molecule has 0 aromatic heterocycles. The first-order valence-electron chi connectivity index (χ1n) is 8.09. The van der Waals surface area contributed by atoms with Crippen LogP contribution in [0.5, 0.6) is 11.5 Å². The van der Waals surface area contributed by atoms with Crippen LogP contribution in [0.4, 0.5) is 4.79 Å². The monoisotopic (exact) mass is 324 g/mol. The Hall–Kier alpha value is -2.69. The highest BCUT2D eigenvalue weighted by Crippen LogP contribution is 2.48. The van der Waals surface area contributed by atoms with Gasteiger partial charge in [0.25, 0.3) is 0 Å². The van der Waals surface area contributed by atoms with E-state index in [2.05, 4.69) is 5.32 Å². The first-order chi connectivity index (χ1) is 11.6. The van der Waals surface area contributed by atoms with E-state index in [-0.39, 0.29) is 12.1 Å². The lowest BCUT2D eigenvalue weighted by Gasteiger charge is -2.50. The fourth-order valence-electron chi connectivity index (χ4n) is 3.57. The summed E-state index contributed by atoms with van der Waals surface area (Å²) in [5, 5.41) is 3.10. The maximum atomic E-state index is 12.7. The molecule has 5 nitrogen and oxygen atoms in total. The maximum absolute atomic E-state index is 12.7. The number of urea groups is 1. The van der Waals surface area contributed by atoms with Gasteiger partial charge < -0.3 is 14.8 Å². The number of methoxy groups -OCH3 is 1. The van der Waals surface area contributed by atoms with Gasteiger partial charge in [-0.2, -0.15) is 0 Å². The number of amides is 2. The molecule has 2 heterocycles. The fourth-order valence-corrected chi connectivity index (χ4v) is 3.57. The molecule has 1 N–H and O–H groups in total. The van der Waals surface area contributed by atoms with Gasteiger partial charge in [-0.05, 0) is 18.6 Å². The molecule has 2 atom stereocenters. The molecule has 2 aliphatic rings. The van der Waals surface area contributed by atoms with Crippen LogP contribution >= 0.6 is 0 Å². The van der Waals surface area contributed by atoms with Crippen molar-refractivity contribution in [3.05, 3.63) is 59.7 Å². The Morgan fingerprint density at radius 1 is 1.25 bits per heavy atom. The van der Waals surface area contributed by atoms with Crippen molar-refractivity contribution in [2.24, 2.45) is 0 Å². The second kappa shape index (κ2) is 5.44. The van der Waals surface area contributed by atoms with Gasteiger partial charge in [-0.1, -0.05) is 42.5 Å². The normalized spacial score (nSPS) is 24.7. The van der Waals surface area contributed by atoms with Crippen molar-refractivity contribution < 1.29 is 14.3 Å². The van der Waals surface area contributed by atoms with Crippen LogP contribution in [0.25, 0.3) is 0 Å². The Kier molecular flexibility index (Phi) is 3.37. The van der Waals surface area contributed by atoms with Gasteiger partial charge in [0.2, 0.25) is 0 Å². The molecule has 1 saturated heterocycles. The minimum absolute atomic E-state index is 0.0617.